The minimum absolute atomic E-state index is 0.235. The Morgan fingerprint density at radius 2 is 1.86 bits per heavy atom. The largest absolute Gasteiger partial charge is 0.409 e. The third-order valence-electron chi connectivity index (χ3n) is 1.42. The molecule has 0 aromatic heterocycles. The molecule has 1 aromatic carbocycles. The summed E-state index contributed by atoms with van der Waals surface area (Å²) < 4.78 is 34.2. The quantitative estimate of drug-likeness (QED) is 0.265. The molecule has 0 unspecified atom stereocenters. The third kappa shape index (κ3) is 2.02. The van der Waals surface area contributed by atoms with Gasteiger partial charge in [-0.05, 0) is 35.9 Å². The van der Waals surface area contributed by atoms with E-state index >= 15 is 0 Å². The van der Waals surface area contributed by atoms with Crippen LogP contribution >= 0.6 is 11.6 Å². The van der Waals surface area contributed by atoms with Crippen molar-refractivity contribution in [2.45, 2.75) is 4.90 Å². The van der Waals surface area contributed by atoms with Crippen molar-refractivity contribution in [3.8, 4) is 0 Å². The van der Waals surface area contributed by atoms with Crippen LogP contribution in [0.25, 0.3) is 0 Å². The predicted octanol–water partition coefficient (Wildman–Crippen LogP) is 1.58. The standard InChI is InChI=1S/C7H5ClFNO3S/c8-7(10-11)14(12,13)6-3-1-5(9)2-4-6/h1-4,11H. The van der Waals surface area contributed by atoms with Crippen molar-refractivity contribution in [2.24, 2.45) is 5.16 Å². The van der Waals surface area contributed by atoms with Crippen molar-refractivity contribution >= 4 is 25.9 Å². The Morgan fingerprint density at radius 3 is 2.29 bits per heavy atom. The molecule has 0 fully saturated rings. The van der Waals surface area contributed by atoms with Crippen molar-refractivity contribution in [3.05, 3.63) is 30.1 Å². The molecule has 0 saturated heterocycles. The molecule has 0 bridgehead atoms. The molecule has 0 aliphatic rings. The lowest BCUT2D eigenvalue weighted by Crippen LogP contribution is -2.09. The first-order chi connectivity index (χ1) is 6.48. The van der Waals surface area contributed by atoms with Gasteiger partial charge in [-0.2, -0.15) is 0 Å². The normalized spacial score (nSPS) is 12.9. The summed E-state index contributed by atoms with van der Waals surface area (Å²) in [6.45, 7) is 0. The second-order valence-electron chi connectivity index (χ2n) is 2.31. The van der Waals surface area contributed by atoms with Crippen LogP contribution in [0.1, 0.15) is 0 Å². The first-order valence-corrected chi connectivity index (χ1v) is 5.23. The van der Waals surface area contributed by atoms with Gasteiger partial charge < -0.3 is 5.21 Å². The van der Waals surface area contributed by atoms with Gasteiger partial charge >= 0.3 is 0 Å². The average molecular weight is 238 g/mol. The SMILES string of the molecule is O=S(=O)(C(Cl)=NO)c1ccc(F)cc1. The number of halogens is 2. The fourth-order valence-corrected chi connectivity index (χ4v) is 1.83. The number of sulfone groups is 1. The van der Waals surface area contributed by atoms with Crippen LogP contribution in [-0.2, 0) is 9.84 Å². The predicted molar refractivity (Wildman–Crippen MR) is 48.7 cm³/mol. The van der Waals surface area contributed by atoms with E-state index in [9.17, 15) is 12.8 Å². The highest BCUT2D eigenvalue weighted by atomic mass is 35.5. The van der Waals surface area contributed by atoms with Crippen LogP contribution in [0, 0.1) is 5.82 Å². The van der Waals surface area contributed by atoms with E-state index in [0.29, 0.717) is 0 Å². The Labute approximate surface area is 84.5 Å². The fraction of sp³-hybridized carbons (Fsp3) is 0. The molecule has 0 atom stereocenters. The van der Waals surface area contributed by atoms with Crippen molar-refractivity contribution in [1.82, 2.24) is 0 Å². The first kappa shape index (κ1) is 10.9. The van der Waals surface area contributed by atoms with Crippen LogP contribution in [0.3, 0.4) is 0 Å². The van der Waals surface area contributed by atoms with E-state index in [0.717, 1.165) is 24.3 Å². The van der Waals surface area contributed by atoms with E-state index in [2.05, 4.69) is 5.16 Å². The van der Waals surface area contributed by atoms with Gasteiger partial charge in [0.05, 0.1) is 4.90 Å². The highest BCUT2D eigenvalue weighted by Crippen LogP contribution is 2.14. The highest BCUT2D eigenvalue weighted by Gasteiger charge is 2.20. The molecule has 1 aromatic rings. The molecule has 4 nitrogen and oxygen atoms in total. The van der Waals surface area contributed by atoms with Gasteiger partial charge in [-0.25, -0.2) is 12.8 Å². The second-order valence-corrected chi connectivity index (χ2v) is 4.76. The van der Waals surface area contributed by atoms with Crippen molar-refractivity contribution in [3.63, 3.8) is 0 Å². The summed E-state index contributed by atoms with van der Waals surface area (Å²) in [5.74, 6) is -0.569. The molecule has 0 saturated carbocycles. The number of oxime groups is 1. The second kappa shape index (κ2) is 3.93. The van der Waals surface area contributed by atoms with E-state index in [-0.39, 0.29) is 4.90 Å². The van der Waals surface area contributed by atoms with E-state index < -0.39 is 20.2 Å². The molecule has 76 valence electrons. The van der Waals surface area contributed by atoms with Crippen molar-refractivity contribution in [1.29, 1.82) is 0 Å². The molecule has 1 rings (SSSR count). The zero-order valence-electron chi connectivity index (χ0n) is 6.68. The molecule has 0 spiro atoms. The van der Waals surface area contributed by atoms with Crippen molar-refractivity contribution < 1.29 is 18.0 Å². The molecule has 0 aliphatic heterocycles. The summed E-state index contributed by atoms with van der Waals surface area (Å²) in [6, 6.07) is 3.99. The van der Waals surface area contributed by atoms with Gasteiger partial charge in [-0.1, -0.05) is 5.16 Å². The zero-order chi connectivity index (χ0) is 10.8. The van der Waals surface area contributed by atoms with Crippen molar-refractivity contribution in [2.75, 3.05) is 0 Å². The van der Waals surface area contributed by atoms with Crippen LogP contribution < -0.4 is 0 Å². The molecule has 0 radical (unpaired) electrons. The summed E-state index contributed by atoms with van der Waals surface area (Å²) in [6.07, 6.45) is 0. The van der Waals surface area contributed by atoms with Crippen LogP contribution in [0.4, 0.5) is 4.39 Å². The Morgan fingerprint density at radius 1 is 1.36 bits per heavy atom. The van der Waals surface area contributed by atoms with Crippen LogP contribution in [0.5, 0.6) is 0 Å². The molecule has 14 heavy (non-hydrogen) atoms. The monoisotopic (exact) mass is 237 g/mol. The molecule has 0 amide bonds. The van der Waals surface area contributed by atoms with E-state index in [1.165, 1.54) is 0 Å². The average Bonchev–Trinajstić information content (AvgIpc) is 2.17. The van der Waals surface area contributed by atoms with E-state index in [1.54, 1.807) is 0 Å². The maximum Gasteiger partial charge on any atom is 0.264 e. The number of rotatable bonds is 1. The zero-order valence-corrected chi connectivity index (χ0v) is 8.26. The Kier molecular flexibility index (Phi) is 3.07. The fourth-order valence-electron chi connectivity index (χ4n) is 0.765. The Balaban J connectivity index is 3.25. The molecule has 0 heterocycles. The maximum atomic E-state index is 12.5. The third-order valence-corrected chi connectivity index (χ3v) is 3.53. The molecular weight excluding hydrogens is 233 g/mol. The number of hydrogen-bond acceptors (Lipinski definition) is 4. The van der Waals surface area contributed by atoms with E-state index in [4.69, 9.17) is 16.8 Å². The van der Waals surface area contributed by atoms with Gasteiger partial charge in [0.25, 0.3) is 4.50 Å². The topological polar surface area (TPSA) is 66.7 Å². The molecule has 0 aliphatic carbocycles. The summed E-state index contributed by atoms with van der Waals surface area (Å²) in [7, 11) is -4.01. The molecule has 7 heteroatoms. The maximum absolute atomic E-state index is 12.5. The Bertz CT molecular complexity index is 454. The minimum atomic E-state index is -4.01. The van der Waals surface area contributed by atoms with Gasteiger partial charge in [0.2, 0.25) is 9.84 Å². The van der Waals surface area contributed by atoms with Gasteiger partial charge in [-0.3, -0.25) is 0 Å². The molecule has 1 N–H and O–H groups in total. The van der Waals surface area contributed by atoms with Gasteiger partial charge in [0.1, 0.15) is 5.82 Å². The smallest absolute Gasteiger partial charge is 0.264 e. The minimum Gasteiger partial charge on any atom is -0.409 e. The Hall–Kier alpha value is -1.14. The van der Waals surface area contributed by atoms with E-state index in [1.807, 2.05) is 0 Å². The lowest BCUT2D eigenvalue weighted by Gasteiger charge is -1.99. The highest BCUT2D eigenvalue weighted by molar-refractivity contribution is 8.09. The summed E-state index contributed by atoms with van der Waals surface area (Å²) in [5, 5.41) is 10.5. The first-order valence-electron chi connectivity index (χ1n) is 3.36. The molecular formula is C7H5ClFNO3S. The lowest BCUT2D eigenvalue weighted by molar-refractivity contribution is 0.321. The number of benzene rings is 1. The van der Waals surface area contributed by atoms with Gasteiger partial charge in [0.15, 0.2) is 0 Å². The van der Waals surface area contributed by atoms with Crippen LogP contribution in [0.2, 0.25) is 0 Å². The summed E-state index contributed by atoms with van der Waals surface area (Å²) in [4.78, 5) is -0.235. The number of nitrogens with zero attached hydrogens (tertiary/aromatic N) is 1. The number of hydrogen-bond donors (Lipinski definition) is 1. The lowest BCUT2D eigenvalue weighted by atomic mass is 10.4. The summed E-state index contributed by atoms with van der Waals surface area (Å²) in [5.41, 5.74) is 0. The van der Waals surface area contributed by atoms with Gasteiger partial charge in [0, 0.05) is 0 Å². The summed E-state index contributed by atoms with van der Waals surface area (Å²) >= 11 is 5.15. The van der Waals surface area contributed by atoms with Crippen LogP contribution in [-0.4, -0.2) is 18.1 Å². The van der Waals surface area contributed by atoms with Gasteiger partial charge in [-0.15, -0.1) is 0 Å². The van der Waals surface area contributed by atoms with Crippen LogP contribution in [0.15, 0.2) is 34.3 Å².